The van der Waals surface area contributed by atoms with E-state index in [1.807, 2.05) is 31.2 Å². The largest absolute Gasteiger partial charge is 0.419 e. The molecule has 0 amide bonds. The van der Waals surface area contributed by atoms with Gasteiger partial charge in [-0.1, -0.05) is 53.0 Å². The quantitative estimate of drug-likeness (QED) is 0.306. The number of carbonyl (C=O) groups is 1. The number of nitrogens with zero attached hydrogens (tertiary/aromatic N) is 1. The molecule has 25 heavy (non-hydrogen) atoms. The highest BCUT2D eigenvalue weighted by Crippen LogP contribution is 2.37. The van der Waals surface area contributed by atoms with E-state index in [2.05, 4.69) is 4.98 Å². The maximum atomic E-state index is 12.2. The molecular weight excluding hydrogens is 381 g/mol. The lowest BCUT2D eigenvalue weighted by atomic mass is 10.2. The molecule has 0 aliphatic heterocycles. The van der Waals surface area contributed by atoms with E-state index >= 15 is 0 Å². The van der Waals surface area contributed by atoms with Crippen LogP contribution in [-0.4, -0.2) is 11.0 Å². The van der Waals surface area contributed by atoms with E-state index in [4.69, 9.17) is 39.5 Å². The summed E-state index contributed by atoms with van der Waals surface area (Å²) in [5.74, 6) is -0.410. The molecule has 3 aromatic rings. The van der Waals surface area contributed by atoms with Crippen molar-refractivity contribution in [2.75, 3.05) is 0 Å². The van der Waals surface area contributed by atoms with Gasteiger partial charge in [-0.05, 0) is 42.8 Å². The third kappa shape index (κ3) is 3.96. The third-order valence-electron chi connectivity index (χ3n) is 3.48. The van der Waals surface area contributed by atoms with Gasteiger partial charge in [0, 0.05) is 22.2 Å². The van der Waals surface area contributed by atoms with Gasteiger partial charge in [-0.15, -0.1) is 0 Å². The fourth-order valence-electron chi connectivity index (χ4n) is 2.29. The van der Waals surface area contributed by atoms with Crippen LogP contribution in [0.25, 0.3) is 17.0 Å². The summed E-state index contributed by atoms with van der Waals surface area (Å²) in [6, 6.07) is 12.3. The summed E-state index contributed by atoms with van der Waals surface area (Å²) in [5, 5.41) is 1.86. The zero-order valence-electron chi connectivity index (χ0n) is 13.1. The number of hydrogen-bond donors (Lipinski definition) is 0. The van der Waals surface area contributed by atoms with Crippen molar-refractivity contribution < 1.29 is 9.53 Å². The predicted molar refractivity (Wildman–Crippen MR) is 103 cm³/mol. The first-order chi connectivity index (χ1) is 12.0. The molecule has 0 radical (unpaired) electrons. The molecule has 1 aromatic heterocycles. The summed E-state index contributed by atoms with van der Waals surface area (Å²) in [4.78, 5) is 16.6. The van der Waals surface area contributed by atoms with Gasteiger partial charge in [-0.3, -0.25) is 0 Å². The number of aromatic nitrogens is 1. The van der Waals surface area contributed by atoms with Crippen LogP contribution in [0.5, 0.6) is 5.75 Å². The number of rotatable bonds is 3. The lowest BCUT2D eigenvalue weighted by Gasteiger charge is -2.10. The Kier molecular flexibility index (Phi) is 5.28. The van der Waals surface area contributed by atoms with Crippen LogP contribution in [0, 0.1) is 6.92 Å². The maximum Gasteiger partial charge on any atom is 0.336 e. The van der Waals surface area contributed by atoms with Crippen molar-refractivity contribution >= 4 is 57.8 Å². The summed E-state index contributed by atoms with van der Waals surface area (Å²) in [6.07, 6.45) is 2.86. The Balaban J connectivity index is 1.94. The first-order valence-electron chi connectivity index (χ1n) is 7.35. The van der Waals surface area contributed by atoms with Crippen LogP contribution in [0.4, 0.5) is 0 Å². The molecule has 0 atom stereocenters. The van der Waals surface area contributed by atoms with Crippen molar-refractivity contribution in [2.24, 2.45) is 0 Å². The summed E-state index contributed by atoms with van der Waals surface area (Å²) >= 11 is 18.4. The molecule has 0 bridgehead atoms. The number of hydrogen-bond acceptors (Lipinski definition) is 3. The zero-order chi connectivity index (χ0) is 18.0. The molecule has 2 aromatic carbocycles. The average Bonchev–Trinajstić information content (AvgIpc) is 2.57. The predicted octanol–water partition coefficient (Wildman–Crippen LogP) is 6.12. The Labute approximate surface area is 159 Å². The molecule has 1 heterocycles. The van der Waals surface area contributed by atoms with Crippen molar-refractivity contribution in [3.63, 3.8) is 0 Å². The topological polar surface area (TPSA) is 39.2 Å². The Morgan fingerprint density at radius 2 is 1.80 bits per heavy atom. The van der Waals surface area contributed by atoms with Crippen LogP contribution in [0.3, 0.4) is 0 Å². The second-order valence-electron chi connectivity index (χ2n) is 5.29. The lowest BCUT2D eigenvalue weighted by molar-refractivity contribution is -0.128. The van der Waals surface area contributed by atoms with Gasteiger partial charge < -0.3 is 4.74 Å². The molecule has 126 valence electrons. The Morgan fingerprint density at radius 3 is 2.56 bits per heavy atom. The highest BCUT2D eigenvalue weighted by Gasteiger charge is 2.15. The summed E-state index contributed by atoms with van der Waals surface area (Å²) in [7, 11) is 0. The number of fused-ring (bicyclic) bond motifs is 1. The van der Waals surface area contributed by atoms with E-state index in [0.29, 0.717) is 26.5 Å². The van der Waals surface area contributed by atoms with Crippen LogP contribution < -0.4 is 4.74 Å². The monoisotopic (exact) mass is 391 g/mol. The molecule has 0 saturated carbocycles. The number of halogens is 3. The minimum atomic E-state index is -0.589. The first kappa shape index (κ1) is 17.7. The fraction of sp³-hybridized carbons (Fsp3) is 0.0526. The standard InChI is InChI=1S/C19H12Cl3NO2/c1-11-6-8-13-15(21)10-16(22)19(18(13)23-11)25-17(24)9-7-12-4-2-3-5-14(12)20/h2-10H,1H3. The van der Waals surface area contributed by atoms with Gasteiger partial charge in [0.1, 0.15) is 5.52 Å². The first-order valence-corrected chi connectivity index (χ1v) is 8.49. The number of benzene rings is 2. The van der Waals surface area contributed by atoms with Crippen LogP contribution in [-0.2, 0) is 4.79 Å². The maximum absolute atomic E-state index is 12.2. The SMILES string of the molecule is Cc1ccc2c(Cl)cc(Cl)c(OC(=O)C=Cc3ccccc3Cl)c2n1. The molecule has 0 aliphatic rings. The van der Waals surface area contributed by atoms with Crippen LogP contribution in [0.2, 0.25) is 15.1 Å². The number of pyridine rings is 1. The van der Waals surface area contributed by atoms with E-state index < -0.39 is 5.97 Å². The van der Waals surface area contributed by atoms with Crippen LogP contribution >= 0.6 is 34.8 Å². The fourth-order valence-corrected chi connectivity index (χ4v) is 3.04. The van der Waals surface area contributed by atoms with Crippen molar-refractivity contribution in [1.29, 1.82) is 0 Å². The smallest absolute Gasteiger partial charge is 0.336 e. The Hall–Kier alpha value is -2.07. The van der Waals surface area contributed by atoms with Crippen LogP contribution in [0.15, 0.2) is 48.5 Å². The zero-order valence-corrected chi connectivity index (χ0v) is 15.4. The molecule has 0 unspecified atom stereocenters. The van der Waals surface area contributed by atoms with Crippen molar-refractivity contribution in [2.45, 2.75) is 6.92 Å². The Morgan fingerprint density at radius 1 is 1.04 bits per heavy atom. The van der Waals surface area contributed by atoms with Gasteiger partial charge in [0.25, 0.3) is 0 Å². The van der Waals surface area contributed by atoms with Crippen LogP contribution in [0.1, 0.15) is 11.3 Å². The molecule has 3 rings (SSSR count). The molecule has 0 N–H and O–H groups in total. The number of ether oxygens (including phenoxy) is 1. The van der Waals surface area contributed by atoms with Gasteiger partial charge in [0.15, 0.2) is 5.75 Å². The molecule has 6 heteroatoms. The van der Waals surface area contributed by atoms with Gasteiger partial charge in [-0.2, -0.15) is 0 Å². The number of esters is 1. The molecule has 3 nitrogen and oxygen atoms in total. The molecule has 0 fully saturated rings. The van der Waals surface area contributed by atoms with Crippen molar-refractivity contribution in [3.8, 4) is 5.75 Å². The van der Waals surface area contributed by atoms with E-state index in [1.54, 1.807) is 18.2 Å². The Bertz CT molecular complexity index is 999. The molecular formula is C19H12Cl3NO2. The minimum absolute atomic E-state index is 0.179. The number of aryl methyl sites for hydroxylation is 1. The van der Waals surface area contributed by atoms with E-state index in [0.717, 1.165) is 5.69 Å². The minimum Gasteiger partial charge on any atom is -0.419 e. The summed E-state index contributed by atoms with van der Waals surface area (Å²) in [6.45, 7) is 1.83. The second-order valence-corrected chi connectivity index (χ2v) is 6.52. The highest BCUT2D eigenvalue weighted by molar-refractivity contribution is 6.39. The van der Waals surface area contributed by atoms with Gasteiger partial charge in [0.05, 0.1) is 10.0 Å². The lowest BCUT2D eigenvalue weighted by Crippen LogP contribution is -2.05. The van der Waals surface area contributed by atoms with E-state index in [-0.39, 0.29) is 10.8 Å². The number of carbonyl (C=O) groups excluding carboxylic acids is 1. The van der Waals surface area contributed by atoms with Gasteiger partial charge in [0.2, 0.25) is 0 Å². The normalized spacial score (nSPS) is 11.2. The third-order valence-corrected chi connectivity index (χ3v) is 4.42. The molecule has 0 saturated heterocycles. The highest BCUT2D eigenvalue weighted by atomic mass is 35.5. The summed E-state index contributed by atoms with van der Waals surface area (Å²) < 4.78 is 5.41. The second kappa shape index (κ2) is 7.44. The average molecular weight is 393 g/mol. The van der Waals surface area contributed by atoms with E-state index in [9.17, 15) is 4.79 Å². The van der Waals surface area contributed by atoms with E-state index in [1.165, 1.54) is 12.1 Å². The van der Waals surface area contributed by atoms with Gasteiger partial charge >= 0.3 is 5.97 Å². The molecule has 0 spiro atoms. The van der Waals surface area contributed by atoms with Crippen molar-refractivity contribution in [3.05, 3.63) is 74.9 Å². The van der Waals surface area contributed by atoms with Crippen molar-refractivity contribution in [1.82, 2.24) is 4.98 Å². The van der Waals surface area contributed by atoms with Gasteiger partial charge in [-0.25, -0.2) is 9.78 Å². The molecule has 0 aliphatic carbocycles. The summed E-state index contributed by atoms with van der Waals surface area (Å²) in [5.41, 5.74) is 1.91.